The van der Waals surface area contributed by atoms with Crippen molar-refractivity contribution in [2.24, 2.45) is 11.8 Å². The number of alkyl halides is 2. The second-order valence-corrected chi connectivity index (χ2v) is 3.21. The zero-order valence-corrected chi connectivity index (χ0v) is 6.73. The van der Waals surface area contributed by atoms with Crippen LogP contribution in [0.1, 0.15) is 26.7 Å². The second-order valence-electron chi connectivity index (χ2n) is 3.21. The summed E-state index contributed by atoms with van der Waals surface area (Å²) in [5.74, 6) is -4.81. The van der Waals surface area contributed by atoms with Crippen molar-refractivity contribution < 1.29 is 13.6 Å². The summed E-state index contributed by atoms with van der Waals surface area (Å²) in [5, 5.41) is 0. The molecule has 0 radical (unpaired) electrons. The van der Waals surface area contributed by atoms with Gasteiger partial charge in [0.15, 0.2) is 0 Å². The van der Waals surface area contributed by atoms with E-state index in [9.17, 15) is 13.6 Å². The molecule has 1 rings (SSSR count). The standard InChI is InChI=1S/C8H12F2O/c1-3-6-4-7(11)8(9,10)5(6)2/h5-6H,3-4H2,1-2H3/t5-,6+/m1/s1. The van der Waals surface area contributed by atoms with Gasteiger partial charge in [0.05, 0.1) is 0 Å². The third-order valence-electron chi connectivity index (χ3n) is 2.62. The van der Waals surface area contributed by atoms with Crippen LogP contribution < -0.4 is 0 Å². The first-order chi connectivity index (χ1) is 5.00. The van der Waals surface area contributed by atoms with E-state index in [-0.39, 0.29) is 12.3 Å². The Morgan fingerprint density at radius 2 is 2.18 bits per heavy atom. The normalized spacial score (nSPS) is 36.2. The van der Waals surface area contributed by atoms with Crippen molar-refractivity contribution in [2.75, 3.05) is 0 Å². The molecule has 1 saturated carbocycles. The van der Waals surface area contributed by atoms with Crippen molar-refractivity contribution in [1.82, 2.24) is 0 Å². The van der Waals surface area contributed by atoms with E-state index in [2.05, 4.69) is 0 Å². The summed E-state index contributed by atoms with van der Waals surface area (Å²) in [5.41, 5.74) is 0. The summed E-state index contributed by atoms with van der Waals surface area (Å²) in [6, 6.07) is 0. The van der Waals surface area contributed by atoms with Crippen LogP contribution in [0.5, 0.6) is 0 Å². The lowest BCUT2D eigenvalue weighted by Crippen LogP contribution is -2.28. The Balaban J connectivity index is 2.80. The van der Waals surface area contributed by atoms with Gasteiger partial charge < -0.3 is 0 Å². The van der Waals surface area contributed by atoms with Gasteiger partial charge in [-0.25, -0.2) is 0 Å². The molecule has 0 N–H and O–H groups in total. The summed E-state index contributed by atoms with van der Waals surface area (Å²) < 4.78 is 25.6. The molecular formula is C8H12F2O. The highest BCUT2D eigenvalue weighted by Crippen LogP contribution is 2.42. The second kappa shape index (κ2) is 2.54. The minimum Gasteiger partial charge on any atom is -0.293 e. The molecule has 64 valence electrons. The van der Waals surface area contributed by atoms with Gasteiger partial charge in [-0.1, -0.05) is 20.3 Å². The van der Waals surface area contributed by atoms with Crippen LogP contribution in [0.25, 0.3) is 0 Å². The smallest absolute Gasteiger partial charge is 0.293 e. The van der Waals surface area contributed by atoms with Crippen LogP contribution >= 0.6 is 0 Å². The van der Waals surface area contributed by atoms with Gasteiger partial charge in [0.2, 0.25) is 5.78 Å². The highest BCUT2D eigenvalue weighted by molar-refractivity contribution is 5.88. The number of carbonyl (C=O) groups excluding carboxylic acids is 1. The largest absolute Gasteiger partial charge is 0.308 e. The van der Waals surface area contributed by atoms with Crippen molar-refractivity contribution in [1.29, 1.82) is 0 Å². The van der Waals surface area contributed by atoms with Crippen LogP contribution in [0.15, 0.2) is 0 Å². The molecule has 0 spiro atoms. The molecule has 0 aliphatic heterocycles. The molecular weight excluding hydrogens is 150 g/mol. The first kappa shape index (κ1) is 8.62. The predicted molar refractivity (Wildman–Crippen MR) is 37.5 cm³/mol. The Morgan fingerprint density at radius 3 is 2.36 bits per heavy atom. The van der Waals surface area contributed by atoms with Gasteiger partial charge in [-0.15, -0.1) is 0 Å². The molecule has 0 aromatic rings. The van der Waals surface area contributed by atoms with Crippen LogP contribution in [0.2, 0.25) is 0 Å². The lowest BCUT2D eigenvalue weighted by atomic mass is 9.94. The number of ketones is 1. The van der Waals surface area contributed by atoms with Gasteiger partial charge in [-0.05, 0) is 5.92 Å². The van der Waals surface area contributed by atoms with Crippen molar-refractivity contribution >= 4 is 5.78 Å². The maximum absolute atomic E-state index is 12.8. The minimum atomic E-state index is -3.05. The van der Waals surface area contributed by atoms with E-state index >= 15 is 0 Å². The zero-order chi connectivity index (χ0) is 8.65. The number of Topliss-reactive ketones (excluding diaryl/α,β-unsaturated/α-hetero) is 1. The predicted octanol–water partition coefficient (Wildman–Crippen LogP) is 2.26. The Kier molecular flexibility index (Phi) is 1.99. The van der Waals surface area contributed by atoms with Crippen molar-refractivity contribution in [3.63, 3.8) is 0 Å². The monoisotopic (exact) mass is 162 g/mol. The van der Waals surface area contributed by atoms with Crippen molar-refractivity contribution in [2.45, 2.75) is 32.6 Å². The molecule has 0 aromatic heterocycles. The van der Waals surface area contributed by atoms with Crippen LogP contribution in [-0.2, 0) is 4.79 Å². The van der Waals surface area contributed by atoms with Gasteiger partial charge in [-0.3, -0.25) is 4.79 Å². The van der Waals surface area contributed by atoms with Gasteiger partial charge in [-0.2, -0.15) is 8.78 Å². The molecule has 0 bridgehead atoms. The highest BCUT2D eigenvalue weighted by atomic mass is 19.3. The van der Waals surface area contributed by atoms with E-state index in [0.29, 0.717) is 6.42 Å². The Morgan fingerprint density at radius 1 is 1.64 bits per heavy atom. The topological polar surface area (TPSA) is 17.1 Å². The average molecular weight is 162 g/mol. The molecule has 1 nitrogen and oxygen atoms in total. The molecule has 1 aliphatic rings. The summed E-state index contributed by atoms with van der Waals surface area (Å²) in [6.45, 7) is 3.30. The fourth-order valence-electron chi connectivity index (χ4n) is 1.60. The van der Waals surface area contributed by atoms with Crippen LogP contribution in [0.3, 0.4) is 0 Å². The average Bonchev–Trinajstić information content (AvgIpc) is 2.14. The first-order valence-corrected chi connectivity index (χ1v) is 3.91. The molecule has 1 aliphatic carbocycles. The third-order valence-corrected chi connectivity index (χ3v) is 2.62. The Hall–Kier alpha value is -0.470. The van der Waals surface area contributed by atoms with E-state index in [1.165, 1.54) is 6.92 Å². The van der Waals surface area contributed by atoms with E-state index < -0.39 is 17.6 Å². The lowest BCUT2D eigenvalue weighted by Gasteiger charge is -2.16. The molecule has 0 amide bonds. The molecule has 3 heteroatoms. The number of carbonyl (C=O) groups is 1. The molecule has 2 atom stereocenters. The number of hydrogen-bond acceptors (Lipinski definition) is 1. The number of halogens is 2. The quantitative estimate of drug-likeness (QED) is 0.578. The van der Waals surface area contributed by atoms with Crippen molar-refractivity contribution in [3.05, 3.63) is 0 Å². The minimum absolute atomic E-state index is 0.0602. The molecule has 0 saturated heterocycles. The molecule has 0 heterocycles. The molecule has 1 fully saturated rings. The van der Waals surface area contributed by atoms with E-state index in [1.807, 2.05) is 6.92 Å². The van der Waals surface area contributed by atoms with Crippen LogP contribution in [0.4, 0.5) is 8.78 Å². The van der Waals surface area contributed by atoms with Crippen LogP contribution in [0, 0.1) is 11.8 Å². The number of hydrogen-bond donors (Lipinski definition) is 0. The van der Waals surface area contributed by atoms with E-state index in [0.717, 1.165) is 0 Å². The van der Waals surface area contributed by atoms with E-state index in [1.54, 1.807) is 0 Å². The van der Waals surface area contributed by atoms with Gasteiger partial charge in [0.1, 0.15) is 0 Å². The SMILES string of the molecule is CC[C@H]1CC(=O)C(F)(F)[C@@H]1C. The summed E-state index contributed by atoms with van der Waals surface area (Å²) in [6.07, 6.45) is 0.729. The fraction of sp³-hybridized carbons (Fsp3) is 0.875. The van der Waals surface area contributed by atoms with Gasteiger partial charge in [0, 0.05) is 12.3 Å². The van der Waals surface area contributed by atoms with Gasteiger partial charge >= 0.3 is 5.92 Å². The molecule has 0 aromatic carbocycles. The summed E-state index contributed by atoms with van der Waals surface area (Å²) in [7, 11) is 0. The first-order valence-electron chi connectivity index (χ1n) is 3.91. The molecule has 11 heavy (non-hydrogen) atoms. The number of rotatable bonds is 1. The third kappa shape index (κ3) is 1.17. The summed E-state index contributed by atoms with van der Waals surface area (Å²) in [4.78, 5) is 10.7. The zero-order valence-electron chi connectivity index (χ0n) is 6.73. The Labute approximate surface area is 64.8 Å². The van der Waals surface area contributed by atoms with Gasteiger partial charge in [0.25, 0.3) is 0 Å². The van der Waals surface area contributed by atoms with Crippen LogP contribution in [-0.4, -0.2) is 11.7 Å². The lowest BCUT2D eigenvalue weighted by molar-refractivity contribution is -0.142. The maximum Gasteiger partial charge on any atom is 0.308 e. The maximum atomic E-state index is 12.8. The highest BCUT2D eigenvalue weighted by Gasteiger charge is 2.53. The summed E-state index contributed by atoms with van der Waals surface area (Å²) >= 11 is 0. The Bertz CT molecular complexity index is 177. The van der Waals surface area contributed by atoms with Crippen molar-refractivity contribution in [3.8, 4) is 0 Å². The fourth-order valence-corrected chi connectivity index (χ4v) is 1.60. The van der Waals surface area contributed by atoms with E-state index in [4.69, 9.17) is 0 Å². The molecule has 0 unspecified atom stereocenters.